The van der Waals surface area contributed by atoms with Gasteiger partial charge in [-0.1, -0.05) is 34.8 Å². The molecule has 0 unspecified atom stereocenters. The second-order valence-electron chi connectivity index (χ2n) is 4.60. The molecule has 2 aromatic carbocycles. The van der Waals surface area contributed by atoms with Crippen molar-refractivity contribution in [2.75, 3.05) is 19.0 Å². The molecule has 0 saturated carbocycles. The molecule has 0 atom stereocenters. The quantitative estimate of drug-likeness (QED) is 0.769. The largest absolute Gasteiger partial charge is 0.496 e. The van der Waals surface area contributed by atoms with Gasteiger partial charge in [0.2, 0.25) is 0 Å². The van der Waals surface area contributed by atoms with Gasteiger partial charge in [-0.05, 0) is 36.4 Å². The second kappa shape index (κ2) is 8.24. The second-order valence-corrected chi connectivity index (χ2v) is 5.85. The predicted octanol–water partition coefficient (Wildman–Crippen LogP) is 4.45. The average molecular weight is 389 g/mol. The Hall–Kier alpha value is -1.95. The van der Waals surface area contributed by atoms with Crippen LogP contribution in [0.4, 0.5) is 5.69 Å². The van der Waals surface area contributed by atoms with E-state index in [0.29, 0.717) is 26.5 Å². The number of benzene rings is 2. The molecule has 8 heteroatoms. The molecular weight excluding hydrogens is 377 g/mol. The minimum absolute atomic E-state index is 0.132. The van der Waals surface area contributed by atoms with Crippen LogP contribution in [0.15, 0.2) is 36.4 Å². The molecule has 0 saturated heterocycles. The fourth-order valence-corrected chi connectivity index (χ4v) is 2.29. The van der Waals surface area contributed by atoms with Crippen LogP contribution in [-0.2, 0) is 9.53 Å². The summed E-state index contributed by atoms with van der Waals surface area (Å²) in [5.41, 5.74) is 0.568. The number of ether oxygens (including phenoxy) is 2. The van der Waals surface area contributed by atoms with E-state index < -0.39 is 18.5 Å². The standard InChI is InChI=1S/C16H12Cl3NO4/c1-23-14-5-2-9(17)6-11(14)16(22)24-8-15(21)20-10-3-4-12(18)13(19)7-10/h2-7H,8H2,1H3,(H,20,21). The van der Waals surface area contributed by atoms with Gasteiger partial charge in [0.25, 0.3) is 5.91 Å². The zero-order chi connectivity index (χ0) is 17.7. The van der Waals surface area contributed by atoms with Crippen molar-refractivity contribution < 1.29 is 19.1 Å². The summed E-state index contributed by atoms with van der Waals surface area (Å²) < 4.78 is 10.0. The first kappa shape index (κ1) is 18.4. The Morgan fingerprint density at radius 1 is 1.04 bits per heavy atom. The van der Waals surface area contributed by atoms with Gasteiger partial charge in [-0.25, -0.2) is 4.79 Å². The van der Waals surface area contributed by atoms with Crippen LogP contribution in [0.5, 0.6) is 5.75 Å². The van der Waals surface area contributed by atoms with Crippen molar-refractivity contribution in [2.24, 2.45) is 0 Å². The highest BCUT2D eigenvalue weighted by Gasteiger charge is 2.16. The van der Waals surface area contributed by atoms with E-state index in [1.807, 2.05) is 0 Å². The van der Waals surface area contributed by atoms with Gasteiger partial charge in [-0.15, -0.1) is 0 Å². The lowest BCUT2D eigenvalue weighted by molar-refractivity contribution is -0.119. The Labute approximate surface area is 153 Å². The number of carbonyl (C=O) groups is 2. The molecule has 0 heterocycles. The lowest BCUT2D eigenvalue weighted by Crippen LogP contribution is -2.21. The summed E-state index contributed by atoms with van der Waals surface area (Å²) in [5, 5.41) is 3.56. The van der Waals surface area contributed by atoms with Crippen molar-refractivity contribution >= 4 is 52.4 Å². The average Bonchev–Trinajstić information content (AvgIpc) is 2.56. The molecule has 0 spiro atoms. The first-order chi connectivity index (χ1) is 11.4. The Bertz CT molecular complexity index is 780. The molecular formula is C16H12Cl3NO4. The summed E-state index contributed by atoms with van der Waals surface area (Å²) in [6.45, 7) is -0.477. The number of nitrogens with one attached hydrogen (secondary N) is 1. The van der Waals surface area contributed by atoms with Gasteiger partial charge in [0.1, 0.15) is 11.3 Å². The van der Waals surface area contributed by atoms with Crippen molar-refractivity contribution in [2.45, 2.75) is 0 Å². The monoisotopic (exact) mass is 387 g/mol. The van der Waals surface area contributed by atoms with Crippen LogP contribution in [0, 0.1) is 0 Å². The number of amides is 1. The molecule has 0 bridgehead atoms. The van der Waals surface area contributed by atoms with Crippen LogP contribution in [0.1, 0.15) is 10.4 Å². The predicted molar refractivity (Wildman–Crippen MR) is 93.4 cm³/mol. The summed E-state index contributed by atoms with van der Waals surface area (Å²) in [4.78, 5) is 23.9. The number of hydrogen-bond donors (Lipinski definition) is 1. The van der Waals surface area contributed by atoms with Crippen LogP contribution in [0.25, 0.3) is 0 Å². The molecule has 0 aliphatic rings. The van der Waals surface area contributed by atoms with E-state index in [1.54, 1.807) is 18.2 Å². The summed E-state index contributed by atoms with van der Waals surface area (Å²) in [6, 6.07) is 9.13. The van der Waals surface area contributed by atoms with E-state index >= 15 is 0 Å². The zero-order valence-electron chi connectivity index (χ0n) is 12.4. The molecule has 24 heavy (non-hydrogen) atoms. The van der Waals surface area contributed by atoms with E-state index in [4.69, 9.17) is 44.3 Å². The lowest BCUT2D eigenvalue weighted by Gasteiger charge is -2.10. The van der Waals surface area contributed by atoms with E-state index in [9.17, 15) is 9.59 Å². The third-order valence-corrected chi connectivity index (χ3v) is 3.89. The molecule has 1 N–H and O–H groups in total. The Kier molecular flexibility index (Phi) is 6.31. The van der Waals surface area contributed by atoms with Crippen molar-refractivity contribution in [3.63, 3.8) is 0 Å². The number of carbonyl (C=O) groups excluding carboxylic acids is 2. The van der Waals surface area contributed by atoms with Crippen molar-refractivity contribution in [3.8, 4) is 5.75 Å². The molecule has 0 aromatic heterocycles. The maximum absolute atomic E-state index is 12.1. The van der Waals surface area contributed by atoms with Crippen LogP contribution >= 0.6 is 34.8 Å². The topological polar surface area (TPSA) is 64.6 Å². The molecule has 2 rings (SSSR count). The number of rotatable bonds is 5. The van der Waals surface area contributed by atoms with Gasteiger partial charge >= 0.3 is 5.97 Å². The molecule has 0 aliphatic heterocycles. The van der Waals surface area contributed by atoms with Crippen LogP contribution in [0.2, 0.25) is 15.1 Å². The third kappa shape index (κ3) is 4.77. The van der Waals surface area contributed by atoms with E-state index in [-0.39, 0.29) is 5.56 Å². The van der Waals surface area contributed by atoms with Crippen molar-refractivity contribution in [3.05, 3.63) is 57.0 Å². The summed E-state index contributed by atoms with van der Waals surface area (Å²) in [5.74, 6) is -0.948. The Morgan fingerprint density at radius 3 is 2.46 bits per heavy atom. The van der Waals surface area contributed by atoms with Crippen molar-refractivity contribution in [1.29, 1.82) is 0 Å². The normalized spacial score (nSPS) is 10.2. The lowest BCUT2D eigenvalue weighted by atomic mass is 10.2. The molecule has 0 fully saturated rings. The van der Waals surface area contributed by atoms with Crippen LogP contribution < -0.4 is 10.1 Å². The minimum atomic E-state index is -0.723. The van der Waals surface area contributed by atoms with Crippen LogP contribution in [0.3, 0.4) is 0 Å². The van der Waals surface area contributed by atoms with E-state index in [1.165, 1.54) is 25.3 Å². The first-order valence-corrected chi connectivity index (χ1v) is 7.79. The fraction of sp³-hybridized carbons (Fsp3) is 0.125. The first-order valence-electron chi connectivity index (χ1n) is 6.66. The highest BCUT2D eigenvalue weighted by Crippen LogP contribution is 2.25. The highest BCUT2D eigenvalue weighted by atomic mass is 35.5. The van der Waals surface area contributed by atoms with Crippen molar-refractivity contribution in [1.82, 2.24) is 0 Å². The van der Waals surface area contributed by atoms with E-state index in [0.717, 1.165) is 0 Å². The van der Waals surface area contributed by atoms with Gasteiger partial charge in [-0.3, -0.25) is 4.79 Å². The zero-order valence-corrected chi connectivity index (χ0v) is 14.7. The Balaban J connectivity index is 1.97. The van der Waals surface area contributed by atoms with Gasteiger partial charge < -0.3 is 14.8 Å². The number of halogens is 3. The SMILES string of the molecule is COc1ccc(Cl)cc1C(=O)OCC(=O)Nc1ccc(Cl)c(Cl)c1. The number of hydrogen-bond acceptors (Lipinski definition) is 4. The maximum atomic E-state index is 12.1. The van der Waals surface area contributed by atoms with Gasteiger partial charge in [0, 0.05) is 10.7 Å². The molecule has 2 aromatic rings. The third-order valence-electron chi connectivity index (χ3n) is 2.92. The minimum Gasteiger partial charge on any atom is -0.496 e. The molecule has 5 nitrogen and oxygen atoms in total. The van der Waals surface area contributed by atoms with Gasteiger partial charge in [0.05, 0.1) is 17.2 Å². The molecule has 0 radical (unpaired) electrons. The summed E-state index contributed by atoms with van der Waals surface area (Å²) in [7, 11) is 1.41. The summed E-state index contributed by atoms with van der Waals surface area (Å²) in [6.07, 6.45) is 0. The molecule has 126 valence electrons. The smallest absolute Gasteiger partial charge is 0.342 e. The maximum Gasteiger partial charge on any atom is 0.342 e. The van der Waals surface area contributed by atoms with Gasteiger partial charge in [-0.2, -0.15) is 0 Å². The number of anilines is 1. The highest BCUT2D eigenvalue weighted by molar-refractivity contribution is 6.42. The fourth-order valence-electron chi connectivity index (χ4n) is 1.82. The molecule has 1 amide bonds. The van der Waals surface area contributed by atoms with Crippen LogP contribution in [-0.4, -0.2) is 25.6 Å². The Morgan fingerprint density at radius 2 is 1.79 bits per heavy atom. The van der Waals surface area contributed by atoms with Gasteiger partial charge in [0.15, 0.2) is 6.61 Å². The number of esters is 1. The van der Waals surface area contributed by atoms with E-state index in [2.05, 4.69) is 5.32 Å². The molecule has 0 aliphatic carbocycles. The summed E-state index contributed by atoms with van der Waals surface area (Å²) >= 11 is 17.5. The number of methoxy groups -OCH3 is 1.